The van der Waals surface area contributed by atoms with Crippen molar-refractivity contribution in [3.8, 4) is 5.69 Å². The summed E-state index contributed by atoms with van der Waals surface area (Å²) in [5.74, 6) is -0.377. The van der Waals surface area contributed by atoms with Crippen molar-refractivity contribution in [1.82, 2.24) is 24.5 Å². The number of hydrogen-bond acceptors (Lipinski definition) is 6. The van der Waals surface area contributed by atoms with Crippen LogP contribution in [0.2, 0.25) is 0 Å². The zero-order chi connectivity index (χ0) is 20.8. The molecule has 3 aromatic rings. The van der Waals surface area contributed by atoms with Crippen LogP contribution in [-0.4, -0.2) is 54.9 Å². The number of carbonyl (C=O) groups is 1. The summed E-state index contributed by atoms with van der Waals surface area (Å²) >= 11 is 0. The zero-order valence-corrected chi connectivity index (χ0v) is 16.4. The molecule has 10 nitrogen and oxygen atoms in total. The van der Waals surface area contributed by atoms with Crippen LogP contribution in [0.15, 0.2) is 48.9 Å². The standard InChI is InChI=1S/C19H23N7O3/c1-3-23(4-2)10-11-24-14-15(13-20-24)21-19(27)18-8-9-25(22-18)16-6-5-7-17(12-16)26(28)29/h5-9,12-14H,3-4,10-11H2,1-2H3,(H,21,27). The Kier molecular flexibility index (Phi) is 6.35. The molecule has 152 valence electrons. The van der Waals surface area contributed by atoms with Crippen molar-refractivity contribution >= 4 is 17.3 Å². The van der Waals surface area contributed by atoms with E-state index < -0.39 is 4.92 Å². The second-order valence-corrected chi connectivity index (χ2v) is 6.40. The maximum absolute atomic E-state index is 12.5. The van der Waals surface area contributed by atoms with Gasteiger partial charge in [-0.25, -0.2) is 4.68 Å². The molecular formula is C19H23N7O3. The minimum Gasteiger partial charge on any atom is -0.318 e. The maximum atomic E-state index is 12.5. The van der Waals surface area contributed by atoms with Crippen molar-refractivity contribution in [1.29, 1.82) is 0 Å². The predicted molar refractivity (Wildman–Crippen MR) is 108 cm³/mol. The second kappa shape index (κ2) is 9.11. The first-order valence-corrected chi connectivity index (χ1v) is 9.36. The number of anilines is 1. The molecule has 0 fully saturated rings. The van der Waals surface area contributed by atoms with E-state index in [1.807, 2.05) is 0 Å². The Bertz CT molecular complexity index is 991. The molecule has 2 aromatic heterocycles. The van der Waals surface area contributed by atoms with Crippen LogP contribution in [0, 0.1) is 10.1 Å². The highest BCUT2D eigenvalue weighted by Gasteiger charge is 2.13. The Morgan fingerprint density at radius 2 is 2.07 bits per heavy atom. The van der Waals surface area contributed by atoms with Gasteiger partial charge in [-0.2, -0.15) is 10.2 Å². The van der Waals surface area contributed by atoms with Gasteiger partial charge >= 0.3 is 0 Å². The SMILES string of the molecule is CCN(CC)CCn1cc(NC(=O)c2ccn(-c3cccc([N+](=O)[O-])c3)n2)cn1. The van der Waals surface area contributed by atoms with Gasteiger partial charge in [0.2, 0.25) is 0 Å². The number of aromatic nitrogens is 4. The van der Waals surface area contributed by atoms with Crippen LogP contribution in [0.25, 0.3) is 5.69 Å². The van der Waals surface area contributed by atoms with Crippen LogP contribution in [-0.2, 0) is 6.54 Å². The molecule has 3 rings (SSSR count). The Morgan fingerprint density at radius 1 is 1.28 bits per heavy atom. The molecular weight excluding hydrogens is 374 g/mol. The number of benzene rings is 1. The Balaban J connectivity index is 1.64. The van der Waals surface area contributed by atoms with Gasteiger partial charge in [-0.15, -0.1) is 0 Å². The van der Waals surface area contributed by atoms with Crippen LogP contribution in [0.5, 0.6) is 0 Å². The Labute approximate surface area is 167 Å². The minimum absolute atomic E-state index is 0.0406. The number of non-ortho nitro benzene ring substituents is 1. The monoisotopic (exact) mass is 397 g/mol. The summed E-state index contributed by atoms with van der Waals surface area (Å²) in [6.45, 7) is 7.81. The van der Waals surface area contributed by atoms with Gasteiger partial charge in [0.15, 0.2) is 5.69 Å². The van der Waals surface area contributed by atoms with Crippen LogP contribution < -0.4 is 5.32 Å². The smallest absolute Gasteiger partial charge is 0.276 e. The lowest BCUT2D eigenvalue weighted by atomic mass is 10.3. The fourth-order valence-electron chi connectivity index (χ4n) is 2.87. The molecule has 1 N–H and O–H groups in total. The Hall–Kier alpha value is -3.53. The van der Waals surface area contributed by atoms with E-state index in [0.717, 1.165) is 26.2 Å². The van der Waals surface area contributed by atoms with Gasteiger partial charge in [-0.1, -0.05) is 19.9 Å². The third-order valence-electron chi connectivity index (χ3n) is 4.56. The van der Waals surface area contributed by atoms with Crippen LogP contribution >= 0.6 is 0 Å². The second-order valence-electron chi connectivity index (χ2n) is 6.40. The van der Waals surface area contributed by atoms with Gasteiger partial charge in [0.1, 0.15) is 0 Å². The number of nitrogens with zero attached hydrogens (tertiary/aromatic N) is 6. The lowest BCUT2D eigenvalue weighted by Crippen LogP contribution is -2.27. The van der Waals surface area contributed by atoms with Crippen molar-refractivity contribution in [2.24, 2.45) is 0 Å². The molecule has 29 heavy (non-hydrogen) atoms. The van der Waals surface area contributed by atoms with Crippen molar-refractivity contribution in [3.05, 3.63) is 64.7 Å². The van der Waals surface area contributed by atoms with E-state index in [1.54, 1.807) is 41.5 Å². The molecule has 0 unspecified atom stereocenters. The molecule has 10 heteroatoms. The average Bonchev–Trinajstić information content (AvgIpc) is 3.39. The van der Waals surface area contributed by atoms with E-state index in [9.17, 15) is 14.9 Å². The number of nitro groups is 1. The van der Waals surface area contributed by atoms with Gasteiger partial charge in [0.25, 0.3) is 11.6 Å². The number of nitro benzene ring substituents is 1. The molecule has 0 saturated heterocycles. The predicted octanol–water partition coefficient (Wildman–Crippen LogP) is 2.57. The van der Waals surface area contributed by atoms with Crippen LogP contribution in [0.1, 0.15) is 24.3 Å². The molecule has 0 spiro atoms. The molecule has 0 saturated carbocycles. The summed E-state index contributed by atoms with van der Waals surface area (Å²) in [4.78, 5) is 25.2. The number of hydrogen-bond donors (Lipinski definition) is 1. The molecule has 1 aromatic carbocycles. The molecule has 1 amide bonds. The van der Waals surface area contributed by atoms with Gasteiger partial charge in [-0.05, 0) is 25.2 Å². The van der Waals surface area contributed by atoms with Gasteiger partial charge in [0.05, 0.1) is 29.0 Å². The highest BCUT2D eigenvalue weighted by Crippen LogP contribution is 2.16. The molecule has 2 heterocycles. The molecule has 0 bridgehead atoms. The van der Waals surface area contributed by atoms with Gasteiger partial charge in [0, 0.05) is 31.1 Å². The van der Waals surface area contributed by atoms with E-state index in [4.69, 9.17) is 0 Å². The third kappa shape index (κ3) is 5.05. The number of rotatable bonds is 9. The van der Waals surface area contributed by atoms with E-state index in [0.29, 0.717) is 11.4 Å². The quantitative estimate of drug-likeness (QED) is 0.439. The topological polar surface area (TPSA) is 111 Å². The number of nitrogens with one attached hydrogen (secondary N) is 1. The largest absolute Gasteiger partial charge is 0.318 e. The van der Waals surface area contributed by atoms with E-state index >= 15 is 0 Å². The fraction of sp³-hybridized carbons (Fsp3) is 0.316. The average molecular weight is 397 g/mol. The highest BCUT2D eigenvalue weighted by molar-refractivity contribution is 6.02. The molecule has 0 radical (unpaired) electrons. The first-order valence-electron chi connectivity index (χ1n) is 9.36. The fourth-order valence-corrected chi connectivity index (χ4v) is 2.87. The molecule has 0 aliphatic carbocycles. The lowest BCUT2D eigenvalue weighted by molar-refractivity contribution is -0.384. The molecule has 0 aliphatic heterocycles. The highest BCUT2D eigenvalue weighted by atomic mass is 16.6. The number of likely N-dealkylation sites (N-methyl/N-ethyl adjacent to an activating group) is 1. The first kappa shape index (κ1) is 20.2. The van der Waals surface area contributed by atoms with E-state index in [1.165, 1.54) is 16.8 Å². The Morgan fingerprint density at radius 3 is 2.79 bits per heavy atom. The third-order valence-corrected chi connectivity index (χ3v) is 4.56. The minimum atomic E-state index is -0.474. The summed E-state index contributed by atoms with van der Waals surface area (Å²) in [6, 6.07) is 7.61. The van der Waals surface area contributed by atoms with E-state index in [-0.39, 0.29) is 17.3 Å². The first-order chi connectivity index (χ1) is 14.0. The van der Waals surface area contributed by atoms with E-state index in [2.05, 4.69) is 34.3 Å². The van der Waals surface area contributed by atoms with Crippen LogP contribution in [0.3, 0.4) is 0 Å². The summed E-state index contributed by atoms with van der Waals surface area (Å²) in [6.07, 6.45) is 4.96. The van der Waals surface area contributed by atoms with Crippen LogP contribution in [0.4, 0.5) is 11.4 Å². The van der Waals surface area contributed by atoms with Gasteiger partial charge < -0.3 is 10.2 Å². The van der Waals surface area contributed by atoms with Crippen molar-refractivity contribution in [2.45, 2.75) is 20.4 Å². The van der Waals surface area contributed by atoms with Gasteiger partial charge in [-0.3, -0.25) is 19.6 Å². The molecule has 0 aliphatic rings. The van der Waals surface area contributed by atoms with Crippen molar-refractivity contribution in [2.75, 3.05) is 25.0 Å². The normalized spacial score (nSPS) is 11.0. The lowest BCUT2D eigenvalue weighted by Gasteiger charge is -2.17. The van der Waals surface area contributed by atoms with Crippen molar-refractivity contribution < 1.29 is 9.72 Å². The number of amides is 1. The zero-order valence-electron chi connectivity index (χ0n) is 16.4. The maximum Gasteiger partial charge on any atom is 0.276 e. The molecule has 0 atom stereocenters. The summed E-state index contributed by atoms with van der Waals surface area (Å²) in [5, 5.41) is 22.2. The summed E-state index contributed by atoms with van der Waals surface area (Å²) < 4.78 is 3.21. The van der Waals surface area contributed by atoms with Crippen molar-refractivity contribution in [3.63, 3.8) is 0 Å². The number of carbonyl (C=O) groups excluding carboxylic acids is 1. The summed E-state index contributed by atoms with van der Waals surface area (Å²) in [5.41, 5.74) is 1.25. The summed E-state index contributed by atoms with van der Waals surface area (Å²) in [7, 11) is 0.